The molecule has 0 aliphatic carbocycles. The Morgan fingerprint density at radius 3 is 2.15 bits per heavy atom. The molecule has 9 rings (SSSR count). The first-order valence-electron chi connectivity index (χ1n) is 13.5. The molecule has 0 saturated heterocycles. The summed E-state index contributed by atoms with van der Waals surface area (Å²) in [5.41, 5.74) is 4.62. The highest BCUT2D eigenvalue weighted by molar-refractivity contribution is 7.26. The fourth-order valence-electron chi connectivity index (χ4n) is 6.24. The monoisotopic (exact) mass is 545 g/mol. The van der Waals surface area contributed by atoms with Gasteiger partial charge in [0.05, 0.1) is 22.2 Å². The number of benzene rings is 6. The van der Waals surface area contributed by atoms with Crippen LogP contribution in [0.5, 0.6) is 0 Å². The smallest absolute Gasteiger partial charge is 0.235 e. The molecule has 9 aromatic rings. The van der Waals surface area contributed by atoms with Crippen LogP contribution in [0.1, 0.15) is 0 Å². The van der Waals surface area contributed by atoms with Crippen LogP contribution in [-0.2, 0) is 0 Å². The Bertz CT molecular complexity index is 2480. The lowest BCUT2D eigenvalue weighted by atomic mass is 10.0. The van der Waals surface area contributed by atoms with Crippen LogP contribution in [0.2, 0.25) is 0 Å². The third-order valence-electron chi connectivity index (χ3n) is 8.07. The van der Waals surface area contributed by atoms with E-state index in [9.17, 15) is 4.39 Å². The second kappa shape index (κ2) is 8.43. The number of aromatic nitrogens is 3. The summed E-state index contributed by atoms with van der Waals surface area (Å²) in [6.07, 6.45) is 0. The number of para-hydroxylation sites is 2. The Hall–Kier alpha value is -5.13. The zero-order valence-electron chi connectivity index (χ0n) is 21.7. The van der Waals surface area contributed by atoms with Gasteiger partial charge in [0.15, 0.2) is 0 Å². The summed E-state index contributed by atoms with van der Waals surface area (Å²) in [5, 5.41) is 8.17. The lowest BCUT2D eigenvalue weighted by molar-refractivity contribution is 0.628. The van der Waals surface area contributed by atoms with Crippen LogP contribution in [-0.4, -0.2) is 14.5 Å². The van der Waals surface area contributed by atoms with E-state index in [1.54, 1.807) is 12.1 Å². The van der Waals surface area contributed by atoms with Crippen molar-refractivity contribution in [3.63, 3.8) is 0 Å². The average Bonchev–Trinajstić information content (AvgIpc) is 3.57. The Morgan fingerprint density at radius 2 is 1.29 bits per heavy atom. The highest BCUT2D eigenvalue weighted by atomic mass is 32.1. The molecular formula is C36H20FN3S. The molecule has 3 heterocycles. The molecule has 0 saturated carbocycles. The molecule has 5 heteroatoms. The first-order chi connectivity index (χ1) is 20.2. The fraction of sp³-hybridized carbons (Fsp3) is 0. The summed E-state index contributed by atoms with van der Waals surface area (Å²) in [7, 11) is 0. The van der Waals surface area contributed by atoms with Gasteiger partial charge < -0.3 is 0 Å². The van der Waals surface area contributed by atoms with Crippen molar-refractivity contribution >= 4 is 75.0 Å². The van der Waals surface area contributed by atoms with Gasteiger partial charge in [-0.3, -0.25) is 4.57 Å². The lowest BCUT2D eigenvalue weighted by Crippen LogP contribution is -2.03. The van der Waals surface area contributed by atoms with E-state index in [4.69, 9.17) is 9.97 Å². The van der Waals surface area contributed by atoms with Crippen LogP contribution in [0.4, 0.5) is 4.39 Å². The largest absolute Gasteiger partial charge is 0.277 e. The molecule has 0 N–H and O–H groups in total. The summed E-state index contributed by atoms with van der Waals surface area (Å²) in [6.45, 7) is 0. The fourth-order valence-corrected chi connectivity index (χ4v) is 7.50. The number of hydrogen-bond acceptors (Lipinski definition) is 3. The van der Waals surface area contributed by atoms with Gasteiger partial charge in [0.2, 0.25) is 5.95 Å². The van der Waals surface area contributed by atoms with Crippen molar-refractivity contribution in [1.82, 2.24) is 14.5 Å². The Kier molecular flexibility index (Phi) is 4.66. The van der Waals surface area contributed by atoms with Crippen LogP contribution < -0.4 is 0 Å². The van der Waals surface area contributed by atoms with Crippen molar-refractivity contribution in [2.45, 2.75) is 0 Å². The molecule has 0 bridgehead atoms. The summed E-state index contributed by atoms with van der Waals surface area (Å²) in [6, 6.07) is 40.6. The van der Waals surface area contributed by atoms with Gasteiger partial charge in [0, 0.05) is 47.3 Å². The second-order valence-electron chi connectivity index (χ2n) is 10.3. The van der Waals surface area contributed by atoms with Gasteiger partial charge in [0.1, 0.15) is 5.82 Å². The van der Waals surface area contributed by atoms with E-state index >= 15 is 0 Å². The maximum absolute atomic E-state index is 13.9. The maximum Gasteiger partial charge on any atom is 0.235 e. The van der Waals surface area contributed by atoms with Crippen molar-refractivity contribution in [2.75, 3.05) is 0 Å². The number of rotatable bonds is 2. The minimum atomic E-state index is -0.270. The molecule has 3 nitrogen and oxygen atoms in total. The van der Waals surface area contributed by atoms with Crippen molar-refractivity contribution in [3.05, 3.63) is 127 Å². The highest BCUT2D eigenvalue weighted by Crippen LogP contribution is 2.44. The van der Waals surface area contributed by atoms with Gasteiger partial charge in [-0.1, -0.05) is 78.9 Å². The van der Waals surface area contributed by atoms with Crippen LogP contribution in [0.3, 0.4) is 0 Å². The van der Waals surface area contributed by atoms with Crippen LogP contribution in [0, 0.1) is 5.82 Å². The predicted octanol–water partition coefficient (Wildman–Crippen LogP) is 10.1. The molecule has 0 aliphatic rings. The second-order valence-corrected chi connectivity index (χ2v) is 11.4. The Balaban J connectivity index is 1.48. The molecule has 192 valence electrons. The van der Waals surface area contributed by atoms with Crippen molar-refractivity contribution in [2.24, 2.45) is 0 Å². The molecular weight excluding hydrogens is 525 g/mol. The molecule has 0 fully saturated rings. The van der Waals surface area contributed by atoms with Crippen LogP contribution in [0.25, 0.3) is 80.9 Å². The summed E-state index contributed by atoms with van der Waals surface area (Å²) in [5.74, 6) is 0.327. The molecule has 41 heavy (non-hydrogen) atoms. The molecule has 0 atom stereocenters. The minimum absolute atomic E-state index is 0.270. The first kappa shape index (κ1) is 22.7. The lowest BCUT2D eigenvalue weighted by Gasteiger charge is -2.13. The van der Waals surface area contributed by atoms with Gasteiger partial charge in [-0.2, -0.15) is 0 Å². The highest BCUT2D eigenvalue weighted by Gasteiger charge is 2.21. The summed E-state index contributed by atoms with van der Waals surface area (Å²) in [4.78, 5) is 10.3. The average molecular weight is 546 g/mol. The molecule has 0 spiro atoms. The Labute approximate surface area is 237 Å². The molecule has 0 amide bonds. The number of thiophene rings is 1. The number of halogens is 1. The third kappa shape index (κ3) is 3.24. The zero-order chi connectivity index (χ0) is 27.1. The van der Waals surface area contributed by atoms with Crippen molar-refractivity contribution in [1.29, 1.82) is 0 Å². The van der Waals surface area contributed by atoms with Gasteiger partial charge >= 0.3 is 0 Å². The normalized spacial score (nSPS) is 12.0. The SMILES string of the molecule is Fc1ccc(-c2nc(-n3c4ccccc4c4ccc5ccc6c7ccccc7sc6c5c43)nc3ccccc23)cc1. The molecule has 0 aliphatic heterocycles. The van der Waals surface area contributed by atoms with E-state index in [2.05, 4.69) is 77.4 Å². The minimum Gasteiger partial charge on any atom is -0.277 e. The summed E-state index contributed by atoms with van der Waals surface area (Å²) < 4.78 is 18.6. The van der Waals surface area contributed by atoms with E-state index in [0.29, 0.717) is 5.95 Å². The van der Waals surface area contributed by atoms with Crippen LogP contribution >= 0.6 is 11.3 Å². The van der Waals surface area contributed by atoms with Gasteiger partial charge in [-0.15, -0.1) is 11.3 Å². The molecule has 6 aromatic carbocycles. The molecule has 0 unspecified atom stereocenters. The van der Waals surface area contributed by atoms with Crippen molar-refractivity contribution in [3.8, 4) is 17.2 Å². The number of nitrogens with zero attached hydrogens (tertiary/aromatic N) is 3. The summed E-state index contributed by atoms with van der Waals surface area (Å²) >= 11 is 1.83. The van der Waals surface area contributed by atoms with E-state index < -0.39 is 0 Å². The topological polar surface area (TPSA) is 30.7 Å². The molecule has 3 aromatic heterocycles. The molecule has 0 radical (unpaired) electrons. The Morgan fingerprint density at radius 1 is 0.585 bits per heavy atom. The van der Waals surface area contributed by atoms with E-state index in [0.717, 1.165) is 44.0 Å². The number of fused-ring (bicyclic) bond motifs is 10. The number of hydrogen-bond donors (Lipinski definition) is 0. The van der Waals surface area contributed by atoms with E-state index in [1.165, 1.54) is 43.1 Å². The van der Waals surface area contributed by atoms with Gasteiger partial charge in [-0.25, -0.2) is 14.4 Å². The van der Waals surface area contributed by atoms with Crippen molar-refractivity contribution < 1.29 is 4.39 Å². The standard InChI is InChI=1S/C36H20FN3S/c37-23-17-13-22(14-18-23)33-28-9-1-4-10-29(28)38-36(39-33)40-30-11-5-2-7-24(30)26-19-15-21-16-20-27-25-8-3-6-12-31(25)41-35(27)32(21)34(26)40/h1-20H. The maximum atomic E-state index is 13.9. The predicted molar refractivity (Wildman–Crippen MR) is 170 cm³/mol. The first-order valence-corrected chi connectivity index (χ1v) is 14.4. The van der Waals surface area contributed by atoms with E-state index in [-0.39, 0.29) is 5.82 Å². The van der Waals surface area contributed by atoms with Gasteiger partial charge in [0.25, 0.3) is 0 Å². The quantitative estimate of drug-likeness (QED) is 0.216. The van der Waals surface area contributed by atoms with Gasteiger partial charge in [-0.05, 0) is 47.9 Å². The zero-order valence-corrected chi connectivity index (χ0v) is 22.5. The van der Waals surface area contributed by atoms with E-state index in [1.807, 2.05) is 35.6 Å². The van der Waals surface area contributed by atoms with Crippen LogP contribution in [0.15, 0.2) is 121 Å². The third-order valence-corrected chi connectivity index (χ3v) is 9.27.